The van der Waals surface area contributed by atoms with Gasteiger partial charge in [-0.05, 0) is 37.8 Å². The minimum Gasteiger partial charge on any atom is -0.376 e. The average Bonchev–Trinajstić information content (AvgIpc) is 2.79. The maximum absolute atomic E-state index is 12.5. The number of unbranched alkanes of at least 4 members (excludes halogenated alkanes) is 2. The quantitative estimate of drug-likeness (QED) is 0.248. The summed E-state index contributed by atoms with van der Waals surface area (Å²) >= 11 is 0. The predicted octanol–water partition coefficient (Wildman–Crippen LogP) is 4.02. The molecule has 2 N–H and O–H groups in total. The van der Waals surface area contributed by atoms with Crippen LogP contribution in [-0.4, -0.2) is 57.7 Å². The predicted molar refractivity (Wildman–Crippen MR) is 124 cm³/mol. The largest absolute Gasteiger partial charge is 0.376 e. The first kappa shape index (κ1) is 29.3. The van der Waals surface area contributed by atoms with Crippen LogP contribution in [0.4, 0.5) is 0 Å². The molecular formula is C24H44N2O5. The molecule has 0 aliphatic rings. The van der Waals surface area contributed by atoms with Crippen LogP contribution in [0.25, 0.3) is 0 Å². The SMILES string of the molecule is C=CC(=O)N(CO)C(OC(C(CC)CCCC)N(CO)C(=O)C=C)C(CC)CCCC. The number of ether oxygens (including phenoxy) is 1. The van der Waals surface area contributed by atoms with E-state index in [1.807, 2.05) is 13.8 Å². The van der Waals surface area contributed by atoms with E-state index in [0.717, 1.165) is 63.5 Å². The third kappa shape index (κ3) is 9.13. The van der Waals surface area contributed by atoms with E-state index in [2.05, 4.69) is 27.0 Å². The number of nitrogens with zero attached hydrogens (tertiary/aromatic N) is 2. The molecule has 0 spiro atoms. The van der Waals surface area contributed by atoms with E-state index < -0.39 is 37.7 Å². The highest BCUT2D eigenvalue weighted by atomic mass is 16.5. The molecule has 7 heteroatoms. The maximum atomic E-state index is 12.5. The summed E-state index contributed by atoms with van der Waals surface area (Å²) in [5.74, 6) is -0.954. The lowest BCUT2D eigenvalue weighted by Crippen LogP contribution is -2.54. The van der Waals surface area contributed by atoms with Crippen molar-refractivity contribution in [3.63, 3.8) is 0 Å². The van der Waals surface area contributed by atoms with Crippen LogP contribution in [-0.2, 0) is 14.3 Å². The van der Waals surface area contributed by atoms with Gasteiger partial charge in [0.15, 0.2) is 0 Å². The molecule has 0 fully saturated rings. The second-order valence-corrected chi connectivity index (χ2v) is 7.85. The van der Waals surface area contributed by atoms with Gasteiger partial charge < -0.3 is 14.9 Å². The number of amides is 2. The lowest BCUT2D eigenvalue weighted by Gasteiger charge is -2.42. The Morgan fingerprint density at radius 3 is 1.39 bits per heavy atom. The van der Waals surface area contributed by atoms with Crippen LogP contribution in [0.3, 0.4) is 0 Å². The Bertz CT molecular complexity index is 494. The summed E-state index contributed by atoms with van der Waals surface area (Å²) in [6.45, 7) is 14.3. The highest BCUT2D eigenvalue weighted by Gasteiger charge is 2.37. The molecule has 0 heterocycles. The van der Waals surface area contributed by atoms with Crippen molar-refractivity contribution in [1.82, 2.24) is 9.80 Å². The minimum absolute atomic E-state index is 0.0402. The van der Waals surface area contributed by atoms with Gasteiger partial charge >= 0.3 is 0 Å². The van der Waals surface area contributed by atoms with Crippen molar-refractivity contribution < 1.29 is 24.5 Å². The maximum Gasteiger partial charge on any atom is 0.249 e. The Kier molecular flexibility index (Phi) is 16.0. The molecule has 0 saturated carbocycles. The number of aliphatic hydroxyl groups is 2. The van der Waals surface area contributed by atoms with E-state index in [4.69, 9.17) is 4.74 Å². The molecule has 7 nitrogen and oxygen atoms in total. The summed E-state index contributed by atoms with van der Waals surface area (Å²) in [6.07, 6.45) is 7.79. The molecule has 0 aliphatic heterocycles. The zero-order chi connectivity index (χ0) is 23.8. The van der Waals surface area contributed by atoms with Crippen LogP contribution < -0.4 is 0 Å². The molecule has 180 valence electrons. The smallest absolute Gasteiger partial charge is 0.249 e. The molecule has 0 bridgehead atoms. The molecule has 0 rings (SSSR count). The lowest BCUT2D eigenvalue weighted by molar-refractivity contribution is -0.214. The van der Waals surface area contributed by atoms with Gasteiger partial charge in [0.2, 0.25) is 11.8 Å². The fraction of sp³-hybridized carbons (Fsp3) is 0.750. The van der Waals surface area contributed by atoms with Crippen molar-refractivity contribution in [3.8, 4) is 0 Å². The van der Waals surface area contributed by atoms with Crippen LogP contribution in [0.5, 0.6) is 0 Å². The van der Waals surface area contributed by atoms with Crippen molar-refractivity contribution in [2.75, 3.05) is 13.5 Å². The molecule has 0 radical (unpaired) electrons. The molecule has 4 atom stereocenters. The van der Waals surface area contributed by atoms with Gasteiger partial charge in [0, 0.05) is 11.8 Å². The van der Waals surface area contributed by atoms with Crippen molar-refractivity contribution in [2.45, 2.75) is 91.5 Å². The van der Waals surface area contributed by atoms with Crippen molar-refractivity contribution in [2.24, 2.45) is 11.8 Å². The molecule has 0 aromatic heterocycles. The number of carbonyl (C=O) groups is 2. The van der Waals surface area contributed by atoms with Crippen LogP contribution in [0, 0.1) is 11.8 Å². The summed E-state index contributed by atoms with van der Waals surface area (Å²) in [6, 6.07) is 0. The Morgan fingerprint density at radius 2 is 1.16 bits per heavy atom. The summed E-state index contributed by atoms with van der Waals surface area (Å²) in [7, 11) is 0. The highest BCUT2D eigenvalue weighted by molar-refractivity contribution is 5.87. The third-order valence-corrected chi connectivity index (χ3v) is 5.83. The first-order valence-corrected chi connectivity index (χ1v) is 11.6. The summed E-state index contributed by atoms with van der Waals surface area (Å²) in [5.41, 5.74) is 0. The molecule has 0 saturated heterocycles. The van der Waals surface area contributed by atoms with E-state index in [1.54, 1.807) is 0 Å². The number of aliphatic hydroxyl groups excluding tert-OH is 2. The monoisotopic (exact) mass is 440 g/mol. The Balaban J connectivity index is 6.27. The molecule has 2 amide bonds. The van der Waals surface area contributed by atoms with Gasteiger partial charge in [-0.3, -0.25) is 19.4 Å². The molecule has 0 aromatic rings. The first-order valence-electron chi connectivity index (χ1n) is 11.6. The van der Waals surface area contributed by atoms with Gasteiger partial charge in [0.05, 0.1) is 0 Å². The zero-order valence-corrected chi connectivity index (χ0v) is 20.0. The summed E-state index contributed by atoms with van der Waals surface area (Å²) in [4.78, 5) is 27.6. The summed E-state index contributed by atoms with van der Waals surface area (Å²) in [5, 5.41) is 20.0. The zero-order valence-electron chi connectivity index (χ0n) is 20.0. The average molecular weight is 441 g/mol. The first-order chi connectivity index (χ1) is 14.9. The van der Waals surface area contributed by atoms with Gasteiger partial charge in [-0.25, -0.2) is 0 Å². The fourth-order valence-corrected chi connectivity index (χ4v) is 3.84. The van der Waals surface area contributed by atoms with E-state index in [9.17, 15) is 19.8 Å². The van der Waals surface area contributed by atoms with Gasteiger partial charge in [-0.1, -0.05) is 66.5 Å². The Morgan fingerprint density at radius 1 is 0.806 bits per heavy atom. The fourth-order valence-electron chi connectivity index (χ4n) is 3.84. The van der Waals surface area contributed by atoms with Gasteiger partial charge in [-0.2, -0.15) is 0 Å². The van der Waals surface area contributed by atoms with Crippen LogP contribution in [0.15, 0.2) is 25.3 Å². The Labute approximate surface area is 188 Å². The number of rotatable bonds is 18. The second kappa shape index (κ2) is 16.9. The van der Waals surface area contributed by atoms with Gasteiger partial charge in [0.1, 0.15) is 25.9 Å². The lowest BCUT2D eigenvalue weighted by atomic mass is 9.94. The summed E-state index contributed by atoms with van der Waals surface area (Å²) < 4.78 is 6.50. The number of hydrogen-bond acceptors (Lipinski definition) is 5. The molecular weight excluding hydrogens is 396 g/mol. The van der Waals surface area contributed by atoms with Gasteiger partial charge in [-0.15, -0.1) is 0 Å². The van der Waals surface area contributed by atoms with E-state index in [0.29, 0.717) is 0 Å². The third-order valence-electron chi connectivity index (χ3n) is 5.83. The second-order valence-electron chi connectivity index (χ2n) is 7.85. The molecule has 4 unspecified atom stereocenters. The normalized spacial score (nSPS) is 14.9. The minimum atomic E-state index is -0.751. The standard InChI is InChI=1S/C24H44N2O5/c1-7-13-15-19(9-3)23(25(17-27)21(29)11-5)31-24(20(10-4)16-14-8-2)26(18-28)22(30)12-6/h11-12,19-20,23-24,27-28H,5-10,13-18H2,1-4H3. The van der Waals surface area contributed by atoms with Crippen molar-refractivity contribution in [1.29, 1.82) is 0 Å². The molecule has 0 aliphatic carbocycles. The Hall–Kier alpha value is -1.70. The van der Waals surface area contributed by atoms with E-state index in [1.165, 1.54) is 9.80 Å². The highest BCUT2D eigenvalue weighted by Crippen LogP contribution is 2.30. The van der Waals surface area contributed by atoms with Crippen molar-refractivity contribution in [3.05, 3.63) is 25.3 Å². The topological polar surface area (TPSA) is 90.3 Å². The van der Waals surface area contributed by atoms with E-state index in [-0.39, 0.29) is 11.8 Å². The van der Waals surface area contributed by atoms with Crippen LogP contribution >= 0.6 is 0 Å². The van der Waals surface area contributed by atoms with E-state index >= 15 is 0 Å². The van der Waals surface area contributed by atoms with Crippen LogP contribution in [0.1, 0.15) is 79.1 Å². The number of carbonyl (C=O) groups excluding carboxylic acids is 2. The molecule has 0 aromatic carbocycles. The van der Waals surface area contributed by atoms with Crippen LogP contribution in [0.2, 0.25) is 0 Å². The number of hydrogen-bond donors (Lipinski definition) is 2. The van der Waals surface area contributed by atoms with Gasteiger partial charge in [0.25, 0.3) is 0 Å². The molecule has 31 heavy (non-hydrogen) atoms. The van der Waals surface area contributed by atoms with Crippen molar-refractivity contribution >= 4 is 11.8 Å².